The molecule has 2 rings (SSSR count). The molecule has 1 N–H and O–H groups in total. The smallest absolute Gasteiger partial charge is 0.277 e. The highest BCUT2D eigenvalue weighted by molar-refractivity contribution is 9.10. The fraction of sp³-hybridized carbons (Fsp3) is 0.429. The number of hydrogen-bond donors (Lipinski definition) is 1. The quantitative estimate of drug-likeness (QED) is 0.475. The van der Waals surface area contributed by atoms with E-state index in [-0.39, 0.29) is 23.3 Å². The summed E-state index contributed by atoms with van der Waals surface area (Å²) in [6.07, 6.45) is 2.50. The Morgan fingerprint density at radius 2 is 1.81 bits per heavy atom. The Kier molecular flexibility index (Phi) is 6.87. The van der Waals surface area contributed by atoms with E-state index in [1.807, 2.05) is 12.1 Å². The number of rotatable bonds is 7. The molecule has 0 saturated carbocycles. The Hall–Kier alpha value is -2.08. The Morgan fingerprint density at radius 3 is 2.37 bits per heavy atom. The SMILES string of the molecule is CC(C)(C)CC(C)(C)c1ccc(OCC(=O)N/N=C/c2ccc(Br)o2)cc1. The van der Waals surface area contributed by atoms with E-state index in [1.54, 1.807) is 12.1 Å². The first-order valence-electron chi connectivity index (χ1n) is 8.86. The van der Waals surface area contributed by atoms with Crippen LogP contribution in [-0.4, -0.2) is 18.7 Å². The minimum Gasteiger partial charge on any atom is -0.484 e. The van der Waals surface area contributed by atoms with E-state index in [0.29, 0.717) is 16.2 Å². The number of carbonyl (C=O) groups is 1. The van der Waals surface area contributed by atoms with Gasteiger partial charge in [0.2, 0.25) is 0 Å². The second-order valence-corrected chi connectivity index (χ2v) is 9.15. The summed E-state index contributed by atoms with van der Waals surface area (Å²) in [5.41, 5.74) is 3.98. The molecule has 5 nitrogen and oxygen atoms in total. The highest BCUT2D eigenvalue weighted by Gasteiger charge is 2.27. The lowest BCUT2D eigenvalue weighted by Gasteiger charge is -2.33. The normalized spacial score (nSPS) is 12.4. The van der Waals surface area contributed by atoms with Crippen LogP contribution in [0.2, 0.25) is 0 Å². The van der Waals surface area contributed by atoms with Crippen LogP contribution in [0.25, 0.3) is 0 Å². The van der Waals surface area contributed by atoms with Gasteiger partial charge in [0, 0.05) is 0 Å². The third-order valence-corrected chi connectivity index (χ3v) is 4.38. The molecule has 0 spiro atoms. The van der Waals surface area contributed by atoms with Gasteiger partial charge in [-0.3, -0.25) is 4.79 Å². The van der Waals surface area contributed by atoms with Gasteiger partial charge in [-0.15, -0.1) is 0 Å². The largest absolute Gasteiger partial charge is 0.484 e. The number of ether oxygens (including phenoxy) is 1. The average molecular weight is 435 g/mol. The molecule has 0 aliphatic heterocycles. The van der Waals surface area contributed by atoms with Crippen LogP contribution in [0, 0.1) is 5.41 Å². The molecule has 2 aromatic rings. The number of hydrogen-bond acceptors (Lipinski definition) is 4. The lowest BCUT2D eigenvalue weighted by Crippen LogP contribution is -2.25. The van der Waals surface area contributed by atoms with Crippen molar-refractivity contribution in [2.24, 2.45) is 10.5 Å². The lowest BCUT2D eigenvalue weighted by atomic mass is 9.72. The van der Waals surface area contributed by atoms with Crippen molar-refractivity contribution in [2.75, 3.05) is 6.61 Å². The van der Waals surface area contributed by atoms with Crippen molar-refractivity contribution in [3.63, 3.8) is 0 Å². The zero-order chi connectivity index (χ0) is 20.1. The standard InChI is InChI=1S/C21H27BrN2O3/c1-20(2,3)14-21(4,5)15-6-8-16(9-7-15)26-13-19(25)24-23-12-17-10-11-18(22)27-17/h6-12H,13-14H2,1-5H3,(H,24,25)/b23-12+. The van der Waals surface area contributed by atoms with Crippen LogP contribution in [0.15, 0.2) is 50.6 Å². The summed E-state index contributed by atoms with van der Waals surface area (Å²) in [5.74, 6) is 0.852. The number of nitrogens with one attached hydrogen (secondary N) is 1. The molecular weight excluding hydrogens is 408 g/mol. The van der Waals surface area contributed by atoms with Gasteiger partial charge in [0.05, 0.1) is 6.21 Å². The number of furan rings is 1. The molecule has 0 aliphatic rings. The molecular formula is C21H27BrN2O3. The maximum Gasteiger partial charge on any atom is 0.277 e. The van der Waals surface area contributed by atoms with Gasteiger partial charge in [0.25, 0.3) is 5.91 Å². The van der Waals surface area contributed by atoms with Gasteiger partial charge in [0.15, 0.2) is 11.3 Å². The highest BCUT2D eigenvalue weighted by Crippen LogP contribution is 2.36. The van der Waals surface area contributed by atoms with Gasteiger partial charge in [-0.25, -0.2) is 5.43 Å². The number of carbonyl (C=O) groups excluding carboxylic acids is 1. The molecule has 0 bridgehead atoms. The fourth-order valence-electron chi connectivity index (χ4n) is 3.18. The van der Waals surface area contributed by atoms with Crippen molar-refractivity contribution in [1.29, 1.82) is 0 Å². The fourth-order valence-corrected chi connectivity index (χ4v) is 3.50. The molecule has 6 heteroatoms. The molecule has 27 heavy (non-hydrogen) atoms. The monoisotopic (exact) mass is 434 g/mol. The zero-order valence-electron chi connectivity index (χ0n) is 16.5. The summed E-state index contributed by atoms with van der Waals surface area (Å²) in [7, 11) is 0. The van der Waals surface area contributed by atoms with E-state index < -0.39 is 0 Å². The molecule has 0 aliphatic carbocycles. The van der Waals surface area contributed by atoms with Gasteiger partial charge in [-0.1, -0.05) is 46.8 Å². The Morgan fingerprint density at radius 1 is 1.15 bits per heavy atom. The van der Waals surface area contributed by atoms with Gasteiger partial charge >= 0.3 is 0 Å². The van der Waals surface area contributed by atoms with E-state index in [1.165, 1.54) is 11.8 Å². The summed E-state index contributed by atoms with van der Waals surface area (Å²) < 4.78 is 11.4. The van der Waals surface area contributed by atoms with Crippen molar-refractivity contribution in [3.05, 3.63) is 52.4 Å². The first-order valence-corrected chi connectivity index (χ1v) is 9.65. The summed E-state index contributed by atoms with van der Waals surface area (Å²) in [6.45, 7) is 11.1. The molecule has 0 atom stereocenters. The molecule has 146 valence electrons. The topological polar surface area (TPSA) is 63.8 Å². The van der Waals surface area contributed by atoms with Gasteiger partial charge in [0.1, 0.15) is 11.5 Å². The maximum atomic E-state index is 11.8. The Bertz CT molecular complexity index is 787. The lowest BCUT2D eigenvalue weighted by molar-refractivity contribution is -0.123. The second-order valence-electron chi connectivity index (χ2n) is 8.37. The van der Waals surface area contributed by atoms with Crippen molar-refractivity contribution < 1.29 is 13.9 Å². The Balaban J connectivity index is 1.84. The molecule has 0 unspecified atom stereocenters. The van der Waals surface area contributed by atoms with Crippen LogP contribution in [0.1, 0.15) is 52.4 Å². The summed E-state index contributed by atoms with van der Waals surface area (Å²) in [6, 6.07) is 11.4. The number of hydrazone groups is 1. The van der Waals surface area contributed by atoms with Gasteiger partial charge in [-0.2, -0.15) is 5.10 Å². The molecule has 1 aromatic carbocycles. The van der Waals surface area contributed by atoms with Crippen LogP contribution >= 0.6 is 15.9 Å². The Labute approximate surface area is 169 Å². The molecule has 1 heterocycles. The van der Waals surface area contributed by atoms with Crippen molar-refractivity contribution >= 4 is 28.1 Å². The third-order valence-electron chi connectivity index (χ3n) is 3.95. The van der Waals surface area contributed by atoms with Gasteiger partial charge < -0.3 is 9.15 Å². The summed E-state index contributed by atoms with van der Waals surface area (Å²) in [5, 5.41) is 3.83. The first-order chi connectivity index (χ1) is 12.5. The molecule has 0 fully saturated rings. The van der Waals surface area contributed by atoms with Gasteiger partial charge in [-0.05, 0) is 63.0 Å². The minimum absolute atomic E-state index is 0.0731. The number of halogens is 1. The molecule has 0 radical (unpaired) electrons. The predicted molar refractivity (Wildman–Crippen MR) is 111 cm³/mol. The van der Waals surface area contributed by atoms with Crippen LogP contribution in [-0.2, 0) is 10.2 Å². The van der Waals surface area contributed by atoms with E-state index in [2.05, 4.69) is 73.2 Å². The zero-order valence-corrected chi connectivity index (χ0v) is 18.1. The van der Waals surface area contributed by atoms with Crippen LogP contribution < -0.4 is 10.2 Å². The average Bonchev–Trinajstić information content (AvgIpc) is 2.96. The third kappa shape index (κ3) is 7.21. The minimum atomic E-state index is -0.339. The van der Waals surface area contributed by atoms with Crippen LogP contribution in [0.3, 0.4) is 0 Å². The maximum absolute atomic E-state index is 11.8. The van der Waals surface area contributed by atoms with Crippen LogP contribution in [0.4, 0.5) is 0 Å². The van der Waals surface area contributed by atoms with E-state index >= 15 is 0 Å². The molecule has 1 amide bonds. The number of benzene rings is 1. The predicted octanol–water partition coefficient (Wildman–Crippen LogP) is 5.29. The van der Waals surface area contributed by atoms with E-state index in [4.69, 9.17) is 9.15 Å². The van der Waals surface area contributed by atoms with Crippen molar-refractivity contribution in [1.82, 2.24) is 5.43 Å². The first kappa shape index (κ1) is 21.2. The number of nitrogens with zero attached hydrogens (tertiary/aromatic N) is 1. The van der Waals surface area contributed by atoms with Crippen molar-refractivity contribution in [3.8, 4) is 5.75 Å². The summed E-state index contributed by atoms with van der Waals surface area (Å²) >= 11 is 3.20. The van der Waals surface area contributed by atoms with Crippen molar-refractivity contribution in [2.45, 2.75) is 46.5 Å². The van der Waals surface area contributed by atoms with E-state index in [9.17, 15) is 4.79 Å². The van der Waals surface area contributed by atoms with Crippen LogP contribution in [0.5, 0.6) is 5.75 Å². The highest BCUT2D eigenvalue weighted by atomic mass is 79.9. The second kappa shape index (κ2) is 8.74. The summed E-state index contributed by atoms with van der Waals surface area (Å²) in [4.78, 5) is 11.8. The van der Waals surface area contributed by atoms with E-state index in [0.717, 1.165) is 6.42 Å². The number of amides is 1. The molecule has 1 aromatic heterocycles. The molecule has 0 saturated heterocycles.